The SMILES string of the molecule is Cl.Cl.NC1CCCC(C(=O)NC2CCCN(Cc3ccccc3)C2)C1. The maximum Gasteiger partial charge on any atom is 0.223 e. The van der Waals surface area contributed by atoms with Crippen molar-refractivity contribution in [3.63, 3.8) is 0 Å². The van der Waals surface area contributed by atoms with Gasteiger partial charge in [0.2, 0.25) is 5.91 Å². The molecule has 6 heteroatoms. The van der Waals surface area contributed by atoms with E-state index in [4.69, 9.17) is 5.73 Å². The Balaban J connectivity index is 0.00000156. The number of hydrogen-bond donors (Lipinski definition) is 2. The van der Waals surface area contributed by atoms with Gasteiger partial charge >= 0.3 is 0 Å². The van der Waals surface area contributed by atoms with Crippen LogP contribution in [0.1, 0.15) is 44.1 Å². The molecule has 3 N–H and O–H groups in total. The molecular weight excluding hydrogens is 357 g/mol. The lowest BCUT2D eigenvalue weighted by Gasteiger charge is -2.34. The summed E-state index contributed by atoms with van der Waals surface area (Å²) in [5, 5.41) is 3.29. The Bertz CT molecular complexity index is 515. The predicted octanol–water partition coefficient (Wildman–Crippen LogP) is 3.13. The lowest BCUT2D eigenvalue weighted by Crippen LogP contribution is -2.49. The van der Waals surface area contributed by atoms with Gasteiger partial charge in [0.25, 0.3) is 0 Å². The van der Waals surface area contributed by atoms with Gasteiger partial charge in [-0.15, -0.1) is 24.8 Å². The van der Waals surface area contributed by atoms with Gasteiger partial charge in [0.1, 0.15) is 0 Å². The Morgan fingerprint density at radius 3 is 2.60 bits per heavy atom. The van der Waals surface area contributed by atoms with E-state index in [9.17, 15) is 4.79 Å². The molecule has 3 unspecified atom stereocenters. The standard InChI is InChI=1S/C19H29N3O.2ClH/c20-17-9-4-8-16(12-17)19(23)21-18-10-5-11-22(14-18)13-15-6-2-1-3-7-15;;/h1-3,6-7,16-18H,4-5,8-14,20H2,(H,21,23);2*1H. The minimum Gasteiger partial charge on any atom is -0.352 e. The third kappa shape index (κ3) is 6.78. The molecule has 1 heterocycles. The first-order chi connectivity index (χ1) is 11.2. The number of likely N-dealkylation sites (tertiary alicyclic amines) is 1. The van der Waals surface area contributed by atoms with E-state index < -0.39 is 0 Å². The summed E-state index contributed by atoms with van der Waals surface area (Å²) in [6.45, 7) is 3.05. The number of hydrogen-bond acceptors (Lipinski definition) is 3. The van der Waals surface area contributed by atoms with Gasteiger partial charge in [0.05, 0.1) is 0 Å². The van der Waals surface area contributed by atoms with Gasteiger partial charge in [0.15, 0.2) is 0 Å². The van der Waals surface area contributed by atoms with E-state index >= 15 is 0 Å². The number of amides is 1. The molecule has 1 saturated heterocycles. The number of nitrogens with one attached hydrogen (secondary N) is 1. The number of rotatable bonds is 4. The highest BCUT2D eigenvalue weighted by Crippen LogP contribution is 2.24. The summed E-state index contributed by atoms with van der Waals surface area (Å²) in [6, 6.07) is 11.1. The van der Waals surface area contributed by atoms with Crippen LogP contribution in [0, 0.1) is 5.92 Å². The first-order valence-corrected chi connectivity index (χ1v) is 9.03. The molecule has 142 valence electrons. The number of carbonyl (C=O) groups excluding carboxylic acids is 1. The summed E-state index contributed by atoms with van der Waals surface area (Å²) in [5.74, 6) is 0.356. The molecule has 25 heavy (non-hydrogen) atoms. The Morgan fingerprint density at radius 1 is 1.12 bits per heavy atom. The van der Waals surface area contributed by atoms with Crippen LogP contribution in [0.15, 0.2) is 30.3 Å². The van der Waals surface area contributed by atoms with Gasteiger partial charge in [-0.25, -0.2) is 0 Å². The van der Waals surface area contributed by atoms with Gasteiger partial charge in [-0.2, -0.15) is 0 Å². The second-order valence-electron chi connectivity index (χ2n) is 7.19. The van der Waals surface area contributed by atoms with Crippen LogP contribution in [0.4, 0.5) is 0 Å². The molecule has 1 aliphatic carbocycles. The average molecular weight is 388 g/mol. The van der Waals surface area contributed by atoms with E-state index in [1.807, 2.05) is 0 Å². The lowest BCUT2D eigenvalue weighted by molar-refractivity contribution is -0.127. The first-order valence-electron chi connectivity index (χ1n) is 9.03. The van der Waals surface area contributed by atoms with E-state index in [1.54, 1.807) is 0 Å². The number of nitrogens with two attached hydrogens (primary N) is 1. The zero-order valence-electron chi connectivity index (χ0n) is 14.7. The highest BCUT2D eigenvalue weighted by atomic mass is 35.5. The molecule has 0 bridgehead atoms. The summed E-state index contributed by atoms with van der Waals surface area (Å²) in [4.78, 5) is 14.9. The van der Waals surface area contributed by atoms with Gasteiger partial charge < -0.3 is 11.1 Å². The molecule has 1 aliphatic heterocycles. The van der Waals surface area contributed by atoms with Crippen molar-refractivity contribution >= 4 is 30.7 Å². The lowest BCUT2D eigenvalue weighted by atomic mass is 9.85. The molecule has 0 aromatic heterocycles. The molecule has 1 aromatic rings. The molecule has 2 aliphatic rings. The number of carbonyl (C=O) groups is 1. The summed E-state index contributed by atoms with van der Waals surface area (Å²) in [6.07, 6.45) is 6.26. The van der Waals surface area contributed by atoms with E-state index in [-0.39, 0.29) is 48.7 Å². The highest BCUT2D eigenvalue weighted by Gasteiger charge is 2.28. The minimum atomic E-state index is 0. The van der Waals surface area contributed by atoms with Gasteiger partial charge in [0, 0.05) is 31.1 Å². The molecule has 1 aromatic carbocycles. The average Bonchev–Trinajstić information content (AvgIpc) is 2.56. The quantitative estimate of drug-likeness (QED) is 0.833. The van der Waals surface area contributed by atoms with Crippen LogP contribution in [-0.4, -0.2) is 36.0 Å². The summed E-state index contributed by atoms with van der Waals surface area (Å²) in [7, 11) is 0. The van der Waals surface area contributed by atoms with Crippen molar-refractivity contribution in [1.29, 1.82) is 0 Å². The van der Waals surface area contributed by atoms with E-state index in [0.717, 1.165) is 58.2 Å². The van der Waals surface area contributed by atoms with Gasteiger partial charge in [-0.3, -0.25) is 9.69 Å². The molecular formula is C19H31Cl2N3O. The Kier molecular flexibility index (Phi) is 9.80. The second kappa shape index (κ2) is 11.0. The number of benzene rings is 1. The largest absolute Gasteiger partial charge is 0.352 e. The van der Waals surface area contributed by atoms with E-state index in [1.165, 1.54) is 5.56 Å². The van der Waals surface area contributed by atoms with Crippen molar-refractivity contribution in [2.75, 3.05) is 13.1 Å². The van der Waals surface area contributed by atoms with Crippen molar-refractivity contribution in [3.05, 3.63) is 35.9 Å². The van der Waals surface area contributed by atoms with Crippen LogP contribution in [-0.2, 0) is 11.3 Å². The van der Waals surface area contributed by atoms with Crippen molar-refractivity contribution < 1.29 is 4.79 Å². The Morgan fingerprint density at radius 2 is 1.88 bits per heavy atom. The second-order valence-corrected chi connectivity index (χ2v) is 7.19. The number of halogens is 2. The third-order valence-corrected chi connectivity index (χ3v) is 5.19. The van der Waals surface area contributed by atoms with Gasteiger partial charge in [-0.1, -0.05) is 36.8 Å². The normalized spacial score (nSPS) is 26.8. The van der Waals surface area contributed by atoms with Crippen molar-refractivity contribution in [2.45, 2.75) is 57.2 Å². The molecule has 1 amide bonds. The van der Waals surface area contributed by atoms with Crippen LogP contribution in [0.5, 0.6) is 0 Å². The fourth-order valence-electron chi connectivity index (χ4n) is 3.94. The van der Waals surface area contributed by atoms with Crippen LogP contribution in [0.3, 0.4) is 0 Å². The Hall–Kier alpha value is -0.810. The fraction of sp³-hybridized carbons (Fsp3) is 0.632. The van der Waals surface area contributed by atoms with Crippen LogP contribution < -0.4 is 11.1 Å². The first kappa shape index (κ1) is 22.2. The Labute approximate surface area is 163 Å². The van der Waals surface area contributed by atoms with Crippen molar-refractivity contribution in [2.24, 2.45) is 11.7 Å². The molecule has 1 saturated carbocycles. The van der Waals surface area contributed by atoms with E-state index in [2.05, 4.69) is 40.5 Å². The third-order valence-electron chi connectivity index (χ3n) is 5.19. The van der Waals surface area contributed by atoms with Crippen molar-refractivity contribution in [1.82, 2.24) is 10.2 Å². The predicted molar refractivity (Wildman–Crippen MR) is 107 cm³/mol. The highest BCUT2D eigenvalue weighted by molar-refractivity contribution is 5.85. The fourth-order valence-corrected chi connectivity index (χ4v) is 3.94. The van der Waals surface area contributed by atoms with Gasteiger partial charge in [-0.05, 0) is 44.2 Å². The van der Waals surface area contributed by atoms with E-state index in [0.29, 0.717) is 0 Å². The molecule has 0 spiro atoms. The zero-order chi connectivity index (χ0) is 16.1. The molecule has 0 radical (unpaired) electrons. The van der Waals surface area contributed by atoms with Crippen LogP contribution in [0.25, 0.3) is 0 Å². The molecule has 4 nitrogen and oxygen atoms in total. The minimum absolute atomic E-state index is 0. The van der Waals surface area contributed by atoms with Crippen LogP contribution >= 0.6 is 24.8 Å². The summed E-state index contributed by atoms with van der Waals surface area (Å²) in [5.41, 5.74) is 7.36. The summed E-state index contributed by atoms with van der Waals surface area (Å²) < 4.78 is 0. The monoisotopic (exact) mass is 387 g/mol. The number of piperidine rings is 1. The molecule has 3 rings (SSSR count). The molecule has 2 fully saturated rings. The zero-order valence-corrected chi connectivity index (χ0v) is 16.4. The molecule has 3 atom stereocenters. The topological polar surface area (TPSA) is 58.4 Å². The smallest absolute Gasteiger partial charge is 0.223 e. The van der Waals surface area contributed by atoms with Crippen LogP contribution in [0.2, 0.25) is 0 Å². The maximum absolute atomic E-state index is 12.5. The summed E-state index contributed by atoms with van der Waals surface area (Å²) >= 11 is 0. The maximum atomic E-state index is 12.5. The number of nitrogens with zero attached hydrogens (tertiary/aromatic N) is 1. The van der Waals surface area contributed by atoms with Crippen molar-refractivity contribution in [3.8, 4) is 0 Å².